The molecule has 170 valence electrons. The highest BCUT2D eigenvalue weighted by Crippen LogP contribution is 2.60. The zero-order valence-corrected chi connectivity index (χ0v) is 18.8. The van der Waals surface area contributed by atoms with Crippen molar-refractivity contribution in [2.75, 3.05) is 13.2 Å². The van der Waals surface area contributed by atoms with Crippen LogP contribution in [0.4, 0.5) is 4.39 Å². The number of nitrogens with one attached hydrogen (secondary N) is 2. The smallest absolute Gasteiger partial charge is 0.258 e. The van der Waals surface area contributed by atoms with E-state index < -0.39 is 5.82 Å². The van der Waals surface area contributed by atoms with Crippen molar-refractivity contribution in [2.45, 2.75) is 43.2 Å². The molecule has 5 rings (SSSR count). The van der Waals surface area contributed by atoms with E-state index in [-0.39, 0.29) is 40.3 Å². The summed E-state index contributed by atoms with van der Waals surface area (Å²) in [5, 5.41) is 6.65. The number of hydrogen-bond donors (Lipinski definition) is 2. The van der Waals surface area contributed by atoms with E-state index in [2.05, 4.69) is 10.6 Å². The molecule has 2 amide bonds. The quantitative estimate of drug-likeness (QED) is 0.497. The van der Waals surface area contributed by atoms with Gasteiger partial charge in [-0.3, -0.25) is 9.59 Å². The molecule has 3 fully saturated rings. The van der Waals surface area contributed by atoms with Crippen LogP contribution in [0.25, 0.3) is 0 Å². The highest BCUT2D eigenvalue weighted by Gasteiger charge is 2.69. The maximum Gasteiger partial charge on any atom is 0.258 e. The topological polar surface area (TPSA) is 76.7 Å². The summed E-state index contributed by atoms with van der Waals surface area (Å²) >= 11 is 11.5. The number of amides is 2. The molecule has 0 atom stereocenters. The summed E-state index contributed by atoms with van der Waals surface area (Å²) < 4.78 is 24.3. The van der Waals surface area contributed by atoms with Crippen molar-refractivity contribution >= 4 is 35.0 Å². The van der Waals surface area contributed by atoms with Gasteiger partial charge in [0.15, 0.2) is 6.61 Å². The molecule has 3 aliphatic carbocycles. The highest BCUT2D eigenvalue weighted by atomic mass is 35.5. The predicted octanol–water partition coefficient (Wildman–Crippen LogP) is 4.28. The van der Waals surface area contributed by atoms with Crippen molar-refractivity contribution in [1.29, 1.82) is 0 Å². The largest absolute Gasteiger partial charge is 0.494 e. The first-order valence-electron chi connectivity index (χ1n) is 10.3. The van der Waals surface area contributed by atoms with E-state index in [1.807, 2.05) is 12.1 Å². The van der Waals surface area contributed by atoms with E-state index in [4.69, 9.17) is 32.7 Å². The number of halogens is 3. The molecule has 0 radical (unpaired) electrons. The first-order chi connectivity index (χ1) is 15.3. The number of benzene rings is 2. The fourth-order valence-corrected chi connectivity index (χ4v) is 4.74. The lowest BCUT2D eigenvalue weighted by atomic mass is 9.44. The average molecular weight is 481 g/mol. The molecule has 0 aromatic heterocycles. The summed E-state index contributed by atoms with van der Waals surface area (Å²) in [5.74, 6) is 0.0196. The van der Waals surface area contributed by atoms with E-state index in [1.165, 1.54) is 12.1 Å². The van der Waals surface area contributed by atoms with Gasteiger partial charge in [-0.2, -0.15) is 0 Å². The minimum atomic E-state index is -0.599. The summed E-state index contributed by atoms with van der Waals surface area (Å²) in [7, 11) is 0. The second kappa shape index (κ2) is 9.16. The van der Waals surface area contributed by atoms with Crippen molar-refractivity contribution in [3.63, 3.8) is 0 Å². The van der Waals surface area contributed by atoms with Crippen LogP contribution < -0.4 is 20.1 Å². The van der Waals surface area contributed by atoms with E-state index in [0.29, 0.717) is 49.5 Å². The number of carbonyl (C=O) groups excluding carboxylic acids is 2. The van der Waals surface area contributed by atoms with Gasteiger partial charge in [-0.05, 0) is 56.0 Å². The zero-order chi connectivity index (χ0) is 22.8. The van der Waals surface area contributed by atoms with Crippen LogP contribution in [-0.2, 0) is 9.59 Å². The van der Waals surface area contributed by atoms with Gasteiger partial charge in [-0.1, -0.05) is 29.3 Å². The standard InChI is InChI=1S/C23H23Cl2FN2O4/c24-15-3-1-4-16(9-15)31-8-2-5-20(29)27-22-12-23(13-22,14-22)28-21(30)11-32-17-6-7-18(25)19(26)10-17/h1,3-4,6-7,9-10H,2,5,8,11-14H2,(H,27,29)(H,28,30). The minimum absolute atomic E-state index is 0.00310. The fraction of sp³-hybridized carbons (Fsp3) is 0.391. The first-order valence-corrected chi connectivity index (χ1v) is 11.1. The second-order valence-electron chi connectivity index (χ2n) is 8.46. The molecule has 9 heteroatoms. The lowest BCUT2D eigenvalue weighted by molar-refractivity contribution is -0.150. The normalized spacial score (nSPS) is 22.8. The monoisotopic (exact) mass is 480 g/mol. The molecule has 0 spiro atoms. The Morgan fingerprint density at radius 3 is 2.31 bits per heavy atom. The Balaban J connectivity index is 1.11. The fourth-order valence-electron chi connectivity index (χ4n) is 4.44. The maximum absolute atomic E-state index is 13.4. The summed E-state index contributed by atoms with van der Waals surface area (Å²) in [4.78, 5) is 24.4. The van der Waals surface area contributed by atoms with Crippen LogP contribution in [0.1, 0.15) is 32.1 Å². The first kappa shape index (κ1) is 22.7. The Morgan fingerprint density at radius 2 is 1.62 bits per heavy atom. The Labute approximate surface area is 195 Å². The molecule has 2 aromatic rings. The van der Waals surface area contributed by atoms with Crippen LogP contribution in [0.15, 0.2) is 42.5 Å². The number of hydrogen-bond acceptors (Lipinski definition) is 4. The molecule has 0 aliphatic heterocycles. The van der Waals surface area contributed by atoms with Gasteiger partial charge in [0, 0.05) is 28.6 Å². The van der Waals surface area contributed by atoms with Crippen molar-refractivity contribution in [3.05, 3.63) is 58.3 Å². The Hall–Kier alpha value is -2.51. The predicted molar refractivity (Wildman–Crippen MR) is 119 cm³/mol. The lowest BCUT2D eigenvalue weighted by Crippen LogP contribution is -2.84. The van der Waals surface area contributed by atoms with Crippen LogP contribution in [0.2, 0.25) is 10.0 Å². The second-order valence-corrected chi connectivity index (χ2v) is 9.30. The molecule has 3 saturated carbocycles. The van der Waals surface area contributed by atoms with Crippen molar-refractivity contribution in [1.82, 2.24) is 10.6 Å². The minimum Gasteiger partial charge on any atom is -0.494 e. The molecule has 32 heavy (non-hydrogen) atoms. The van der Waals surface area contributed by atoms with E-state index in [0.717, 1.165) is 6.07 Å². The summed E-state index contributed by atoms with van der Waals surface area (Å²) in [6, 6.07) is 11.2. The van der Waals surface area contributed by atoms with Gasteiger partial charge in [-0.15, -0.1) is 0 Å². The van der Waals surface area contributed by atoms with Gasteiger partial charge < -0.3 is 20.1 Å². The highest BCUT2D eigenvalue weighted by molar-refractivity contribution is 6.31. The molecule has 2 aromatic carbocycles. The van der Waals surface area contributed by atoms with Crippen LogP contribution in [0.3, 0.4) is 0 Å². The molecule has 0 unspecified atom stereocenters. The lowest BCUT2D eigenvalue weighted by Gasteiger charge is -2.70. The summed E-state index contributed by atoms with van der Waals surface area (Å²) in [6.45, 7) is 0.215. The van der Waals surface area contributed by atoms with E-state index >= 15 is 0 Å². The Kier molecular flexibility index (Phi) is 6.49. The van der Waals surface area contributed by atoms with Gasteiger partial charge in [0.2, 0.25) is 5.91 Å². The molecule has 0 saturated heterocycles. The number of rotatable bonds is 10. The van der Waals surface area contributed by atoms with Gasteiger partial charge >= 0.3 is 0 Å². The van der Waals surface area contributed by atoms with E-state index in [9.17, 15) is 14.0 Å². The molecular weight excluding hydrogens is 458 g/mol. The van der Waals surface area contributed by atoms with Gasteiger partial charge in [0.25, 0.3) is 5.91 Å². The molecule has 3 aliphatic rings. The van der Waals surface area contributed by atoms with E-state index in [1.54, 1.807) is 12.1 Å². The SMILES string of the molecule is O=C(CCCOc1cccc(Cl)c1)NC12CC(NC(=O)COc3ccc(Cl)c(F)c3)(C1)C2. The van der Waals surface area contributed by atoms with Crippen molar-refractivity contribution in [3.8, 4) is 11.5 Å². The van der Waals surface area contributed by atoms with Crippen molar-refractivity contribution < 1.29 is 23.5 Å². The van der Waals surface area contributed by atoms with Crippen LogP contribution >= 0.6 is 23.2 Å². The molecule has 0 heterocycles. The molecule has 2 N–H and O–H groups in total. The molecule has 2 bridgehead atoms. The number of ether oxygens (including phenoxy) is 2. The third-order valence-corrected chi connectivity index (χ3v) is 6.26. The van der Waals surface area contributed by atoms with Crippen LogP contribution in [0.5, 0.6) is 11.5 Å². The van der Waals surface area contributed by atoms with Gasteiger partial charge in [0.1, 0.15) is 17.3 Å². The Morgan fingerprint density at radius 1 is 0.938 bits per heavy atom. The average Bonchev–Trinajstić information content (AvgIpc) is 2.70. The molecule has 6 nitrogen and oxygen atoms in total. The molecular formula is C23H23Cl2FN2O4. The maximum atomic E-state index is 13.4. The summed E-state index contributed by atoms with van der Waals surface area (Å²) in [6.07, 6.45) is 3.07. The Bertz CT molecular complexity index is 1010. The van der Waals surface area contributed by atoms with Crippen LogP contribution in [0, 0.1) is 5.82 Å². The third kappa shape index (κ3) is 5.27. The van der Waals surface area contributed by atoms with Crippen LogP contribution in [-0.4, -0.2) is 36.1 Å². The summed E-state index contributed by atoms with van der Waals surface area (Å²) in [5.41, 5.74) is -0.507. The van der Waals surface area contributed by atoms with Gasteiger partial charge in [0.05, 0.1) is 11.6 Å². The number of carbonyl (C=O) groups is 2. The third-order valence-electron chi connectivity index (χ3n) is 5.71. The van der Waals surface area contributed by atoms with Gasteiger partial charge in [-0.25, -0.2) is 4.39 Å². The van der Waals surface area contributed by atoms with Crippen molar-refractivity contribution in [2.24, 2.45) is 0 Å². The zero-order valence-electron chi connectivity index (χ0n) is 17.3.